The van der Waals surface area contributed by atoms with Crippen molar-refractivity contribution in [2.45, 2.75) is 69.8 Å². The van der Waals surface area contributed by atoms with Gasteiger partial charge in [-0.1, -0.05) is 102 Å². The lowest BCUT2D eigenvalue weighted by Gasteiger charge is -2.33. The maximum atomic E-state index is 13.8. The van der Waals surface area contributed by atoms with Crippen molar-refractivity contribution < 1.29 is 9.59 Å². The number of amides is 2. The van der Waals surface area contributed by atoms with Gasteiger partial charge in [-0.2, -0.15) is 0 Å². The number of carbonyl (C=O) groups excluding carboxylic acids is 2. The van der Waals surface area contributed by atoms with Crippen LogP contribution in [0.4, 0.5) is 0 Å². The van der Waals surface area contributed by atoms with Crippen LogP contribution in [0.15, 0.2) is 83.3 Å². The van der Waals surface area contributed by atoms with Crippen molar-refractivity contribution in [1.82, 2.24) is 10.2 Å². The molecule has 0 bridgehead atoms. The summed E-state index contributed by atoms with van der Waals surface area (Å²) in [5.74, 6) is 1.04. The van der Waals surface area contributed by atoms with Gasteiger partial charge in [0, 0.05) is 29.2 Å². The van der Waals surface area contributed by atoms with E-state index in [0.717, 1.165) is 47.0 Å². The fourth-order valence-electron chi connectivity index (χ4n) is 4.99. The number of nitrogens with one attached hydrogen (secondary N) is 1. The zero-order valence-electron chi connectivity index (χ0n) is 22.1. The molecule has 1 atom stereocenters. The minimum atomic E-state index is -0.575. The molecule has 2 amide bonds. The van der Waals surface area contributed by atoms with Crippen molar-refractivity contribution in [3.05, 3.63) is 106 Å². The number of hydrogen-bond acceptors (Lipinski definition) is 3. The van der Waals surface area contributed by atoms with Crippen molar-refractivity contribution in [2.75, 3.05) is 5.75 Å². The first-order valence-corrected chi connectivity index (χ1v) is 15.4. The van der Waals surface area contributed by atoms with Gasteiger partial charge in [-0.3, -0.25) is 9.59 Å². The van der Waals surface area contributed by atoms with Gasteiger partial charge in [0.25, 0.3) is 0 Å². The maximum absolute atomic E-state index is 13.8. The molecule has 3 aromatic rings. The zero-order chi connectivity index (χ0) is 26.7. The molecule has 0 heterocycles. The summed E-state index contributed by atoms with van der Waals surface area (Å²) in [6.45, 7) is 2.50. The average molecular weight is 594 g/mol. The highest BCUT2D eigenvalue weighted by Gasteiger charge is 2.31. The summed E-state index contributed by atoms with van der Waals surface area (Å²) < 4.78 is 0.990. The summed E-state index contributed by atoms with van der Waals surface area (Å²) in [4.78, 5) is 29.5. The van der Waals surface area contributed by atoms with Crippen LogP contribution in [0.3, 0.4) is 0 Å². The molecule has 0 radical (unpaired) electrons. The number of benzene rings is 3. The maximum Gasteiger partial charge on any atom is 0.243 e. The van der Waals surface area contributed by atoms with Gasteiger partial charge in [0.1, 0.15) is 6.04 Å². The van der Waals surface area contributed by atoms with Crippen molar-refractivity contribution in [3.63, 3.8) is 0 Å². The number of thioether (sulfide) groups is 1. The van der Waals surface area contributed by atoms with E-state index in [4.69, 9.17) is 0 Å². The van der Waals surface area contributed by atoms with E-state index < -0.39 is 6.04 Å². The molecule has 1 aliphatic carbocycles. The molecular weight excluding hydrogens is 556 g/mol. The normalized spacial score (nSPS) is 14.6. The van der Waals surface area contributed by atoms with Crippen molar-refractivity contribution in [3.8, 4) is 0 Å². The highest BCUT2D eigenvalue weighted by molar-refractivity contribution is 9.10. The summed E-state index contributed by atoms with van der Waals surface area (Å²) >= 11 is 5.12. The Kier molecular flexibility index (Phi) is 10.9. The lowest BCUT2D eigenvalue weighted by molar-refractivity contribution is -0.139. The molecule has 0 spiro atoms. The van der Waals surface area contributed by atoms with Gasteiger partial charge in [-0.05, 0) is 54.2 Å². The Balaban J connectivity index is 1.56. The molecule has 0 saturated heterocycles. The van der Waals surface area contributed by atoms with Crippen LogP contribution in [-0.4, -0.2) is 34.6 Å². The number of rotatable bonds is 11. The quantitative estimate of drug-likeness (QED) is 0.259. The SMILES string of the molecule is Cc1ccccc1CSCC(=O)N(Cc1ccc(Br)cc1)C(Cc1ccccc1)C(=O)NC1CCCCC1. The third kappa shape index (κ3) is 8.47. The summed E-state index contributed by atoms with van der Waals surface area (Å²) in [6.07, 6.45) is 6.03. The highest BCUT2D eigenvalue weighted by Crippen LogP contribution is 2.22. The van der Waals surface area contributed by atoms with E-state index in [1.165, 1.54) is 17.5 Å². The molecular formula is C32H37BrN2O2S. The fourth-order valence-corrected chi connectivity index (χ4v) is 6.24. The second-order valence-corrected chi connectivity index (χ2v) is 12.0. The predicted molar refractivity (Wildman–Crippen MR) is 161 cm³/mol. The van der Waals surface area contributed by atoms with Crippen LogP contribution in [0.1, 0.15) is 54.4 Å². The molecule has 1 unspecified atom stereocenters. The lowest BCUT2D eigenvalue weighted by atomic mass is 9.94. The van der Waals surface area contributed by atoms with Crippen LogP contribution in [0.25, 0.3) is 0 Å². The van der Waals surface area contributed by atoms with E-state index in [0.29, 0.717) is 18.7 Å². The Morgan fingerprint density at radius 2 is 1.61 bits per heavy atom. The highest BCUT2D eigenvalue weighted by atomic mass is 79.9. The zero-order valence-corrected chi connectivity index (χ0v) is 24.5. The Morgan fingerprint density at radius 3 is 2.32 bits per heavy atom. The Bertz CT molecular complexity index is 1180. The van der Waals surface area contributed by atoms with Crippen LogP contribution in [-0.2, 0) is 28.3 Å². The summed E-state index contributed by atoms with van der Waals surface area (Å²) in [7, 11) is 0. The molecule has 200 valence electrons. The van der Waals surface area contributed by atoms with Gasteiger partial charge in [-0.15, -0.1) is 11.8 Å². The summed E-state index contributed by atoms with van der Waals surface area (Å²) in [5.41, 5.74) is 4.53. The van der Waals surface area contributed by atoms with Crippen molar-refractivity contribution in [2.24, 2.45) is 0 Å². The molecule has 1 fully saturated rings. The topological polar surface area (TPSA) is 49.4 Å². The standard InChI is InChI=1S/C32H37BrN2O2S/c1-24-10-8-9-13-27(24)22-38-23-31(36)35(21-26-16-18-28(33)19-17-26)30(20-25-11-4-2-5-12-25)32(37)34-29-14-6-3-7-15-29/h2,4-5,8-13,16-19,29-30H,3,6-7,14-15,20-23H2,1H3,(H,34,37). The van der Waals surface area contributed by atoms with Gasteiger partial charge in [0.2, 0.25) is 11.8 Å². The van der Waals surface area contributed by atoms with Crippen molar-refractivity contribution >= 4 is 39.5 Å². The van der Waals surface area contributed by atoms with E-state index in [1.54, 1.807) is 16.7 Å². The minimum Gasteiger partial charge on any atom is -0.352 e. The molecule has 6 heteroatoms. The third-order valence-corrected chi connectivity index (χ3v) is 8.73. The smallest absolute Gasteiger partial charge is 0.243 e. The first-order valence-electron chi connectivity index (χ1n) is 13.5. The van der Waals surface area contributed by atoms with Crippen LogP contribution in [0, 0.1) is 6.92 Å². The lowest BCUT2D eigenvalue weighted by Crippen LogP contribution is -2.53. The van der Waals surface area contributed by atoms with Gasteiger partial charge >= 0.3 is 0 Å². The summed E-state index contributed by atoms with van der Waals surface area (Å²) in [6, 6.07) is 25.9. The number of nitrogens with zero attached hydrogens (tertiary/aromatic N) is 1. The first kappa shape index (κ1) is 28.4. The van der Waals surface area contributed by atoms with Crippen LogP contribution < -0.4 is 5.32 Å². The number of halogens is 1. The first-order chi connectivity index (χ1) is 18.5. The van der Waals surface area contributed by atoms with E-state index in [2.05, 4.69) is 40.3 Å². The molecule has 38 heavy (non-hydrogen) atoms. The average Bonchev–Trinajstić information content (AvgIpc) is 2.94. The molecule has 4 nitrogen and oxygen atoms in total. The molecule has 4 rings (SSSR count). The van der Waals surface area contributed by atoms with E-state index in [1.807, 2.05) is 66.7 Å². The second-order valence-electron chi connectivity index (χ2n) is 10.1. The molecule has 1 aliphatic rings. The molecule has 1 N–H and O–H groups in total. The number of hydrogen-bond donors (Lipinski definition) is 1. The number of carbonyl (C=O) groups is 2. The minimum absolute atomic E-state index is 0.00812. The number of aryl methyl sites for hydroxylation is 1. The Morgan fingerprint density at radius 1 is 0.921 bits per heavy atom. The van der Waals surface area contributed by atoms with Crippen LogP contribution >= 0.6 is 27.7 Å². The van der Waals surface area contributed by atoms with E-state index in [9.17, 15) is 9.59 Å². The largest absolute Gasteiger partial charge is 0.352 e. The van der Waals surface area contributed by atoms with Crippen LogP contribution in [0.2, 0.25) is 0 Å². The summed E-state index contributed by atoms with van der Waals surface area (Å²) in [5, 5.41) is 3.31. The third-order valence-electron chi connectivity index (χ3n) is 7.23. The van der Waals surface area contributed by atoms with Gasteiger partial charge in [0.15, 0.2) is 0 Å². The van der Waals surface area contributed by atoms with E-state index in [-0.39, 0.29) is 17.9 Å². The van der Waals surface area contributed by atoms with Gasteiger partial charge in [-0.25, -0.2) is 0 Å². The van der Waals surface area contributed by atoms with E-state index >= 15 is 0 Å². The second kappa shape index (κ2) is 14.5. The molecule has 3 aromatic carbocycles. The Labute approximate surface area is 239 Å². The monoisotopic (exact) mass is 592 g/mol. The van der Waals surface area contributed by atoms with Gasteiger partial charge < -0.3 is 10.2 Å². The fraction of sp³-hybridized carbons (Fsp3) is 0.375. The Hall–Kier alpha value is -2.57. The molecule has 0 aromatic heterocycles. The van der Waals surface area contributed by atoms with Crippen molar-refractivity contribution in [1.29, 1.82) is 0 Å². The predicted octanol–water partition coefficient (Wildman–Crippen LogP) is 7.08. The molecule has 1 saturated carbocycles. The molecule has 0 aliphatic heterocycles. The van der Waals surface area contributed by atoms with Crippen LogP contribution in [0.5, 0.6) is 0 Å². The van der Waals surface area contributed by atoms with Gasteiger partial charge in [0.05, 0.1) is 5.75 Å².